The van der Waals surface area contributed by atoms with Gasteiger partial charge in [0.15, 0.2) is 8.32 Å². The summed E-state index contributed by atoms with van der Waals surface area (Å²) in [4.78, 5) is 14.1. The number of hydrogen-bond donors (Lipinski definition) is 0. The fraction of sp³-hybridized carbons (Fsp3) is 0.929. The molecule has 0 aromatic carbocycles. The summed E-state index contributed by atoms with van der Waals surface area (Å²) in [6.07, 6.45) is -1.02. The Hall–Kier alpha value is -1.08. The molecule has 0 aromatic rings. The number of ether oxygens (including phenoxy) is 2. The lowest BCUT2D eigenvalue weighted by molar-refractivity contribution is -0.205. The molecular weight excluding hydrogens is 302 g/mol. The lowest BCUT2D eigenvalue weighted by Crippen LogP contribution is -2.53. The minimum atomic E-state index is -2.00. The first-order valence-electron chi connectivity index (χ1n) is 7.52. The Morgan fingerprint density at radius 1 is 1.41 bits per heavy atom. The highest BCUT2D eigenvalue weighted by atomic mass is 28.4. The fourth-order valence-electron chi connectivity index (χ4n) is 2.14. The number of hydrogen-bond acceptors (Lipinski definition) is 5. The van der Waals surface area contributed by atoms with Gasteiger partial charge in [0.05, 0.1) is 12.1 Å². The molecule has 0 aliphatic carbocycles. The van der Waals surface area contributed by atoms with Crippen LogP contribution >= 0.6 is 0 Å². The Morgan fingerprint density at radius 2 is 2.00 bits per heavy atom. The van der Waals surface area contributed by atoms with E-state index in [1.54, 1.807) is 6.92 Å². The average Bonchev–Trinajstić information content (AvgIpc) is 2.31. The van der Waals surface area contributed by atoms with E-state index in [9.17, 15) is 4.79 Å². The Labute approximate surface area is 133 Å². The van der Waals surface area contributed by atoms with E-state index in [-0.39, 0.29) is 11.1 Å². The largest absolute Gasteiger partial charge is 0.459 e. The van der Waals surface area contributed by atoms with Crippen LogP contribution in [0.3, 0.4) is 0 Å². The van der Waals surface area contributed by atoms with E-state index in [1.165, 1.54) is 6.92 Å². The van der Waals surface area contributed by atoms with Gasteiger partial charge in [0.25, 0.3) is 0 Å². The molecule has 1 aliphatic rings. The molecule has 0 aromatic heterocycles. The quantitative estimate of drug-likeness (QED) is 0.258. The molecule has 1 rings (SSSR count). The number of carbonyl (C=O) groups is 1. The van der Waals surface area contributed by atoms with Crippen LogP contribution in [-0.4, -0.2) is 38.8 Å². The SMILES string of the molecule is CC(=O)O[C@H]1[C@H](C)O[C@H](O[Si](C)(C)C(C)(C)C)C[C@H]1N=[N+]=[N-]. The molecule has 7 nitrogen and oxygen atoms in total. The van der Waals surface area contributed by atoms with Crippen LogP contribution in [0.1, 0.15) is 41.0 Å². The van der Waals surface area contributed by atoms with Gasteiger partial charge in [0.2, 0.25) is 0 Å². The summed E-state index contributed by atoms with van der Waals surface area (Å²) in [5, 5.41) is 3.83. The van der Waals surface area contributed by atoms with Gasteiger partial charge in [0.1, 0.15) is 12.4 Å². The zero-order valence-corrected chi connectivity index (χ0v) is 15.5. The monoisotopic (exact) mass is 329 g/mol. The van der Waals surface area contributed by atoms with Gasteiger partial charge < -0.3 is 13.9 Å². The van der Waals surface area contributed by atoms with Crippen LogP contribution in [-0.2, 0) is 18.7 Å². The highest BCUT2D eigenvalue weighted by Crippen LogP contribution is 2.39. The predicted molar refractivity (Wildman–Crippen MR) is 85.7 cm³/mol. The van der Waals surface area contributed by atoms with Crippen molar-refractivity contribution in [1.29, 1.82) is 0 Å². The van der Waals surface area contributed by atoms with E-state index in [0.29, 0.717) is 6.42 Å². The molecule has 0 spiro atoms. The highest BCUT2D eigenvalue weighted by Gasteiger charge is 2.44. The van der Waals surface area contributed by atoms with Crippen molar-refractivity contribution in [3.8, 4) is 0 Å². The molecular formula is C14H27N3O4Si. The van der Waals surface area contributed by atoms with Gasteiger partial charge in [0, 0.05) is 18.3 Å². The van der Waals surface area contributed by atoms with Crippen LogP contribution in [0.25, 0.3) is 10.4 Å². The summed E-state index contributed by atoms with van der Waals surface area (Å²) in [5.41, 5.74) is 8.75. The van der Waals surface area contributed by atoms with Crippen molar-refractivity contribution in [2.75, 3.05) is 0 Å². The minimum absolute atomic E-state index is 0.0559. The zero-order chi connectivity index (χ0) is 17.1. The maximum atomic E-state index is 11.2. The second kappa shape index (κ2) is 7.00. The van der Waals surface area contributed by atoms with Crippen molar-refractivity contribution in [2.45, 2.75) is 83.7 Å². The number of azide groups is 1. The molecule has 126 valence electrons. The highest BCUT2D eigenvalue weighted by molar-refractivity contribution is 6.74. The Balaban J connectivity index is 2.87. The van der Waals surface area contributed by atoms with Crippen LogP contribution < -0.4 is 0 Å². The topological polar surface area (TPSA) is 93.5 Å². The van der Waals surface area contributed by atoms with E-state index in [4.69, 9.17) is 19.4 Å². The van der Waals surface area contributed by atoms with Crippen LogP contribution in [0.15, 0.2) is 5.11 Å². The third-order valence-electron chi connectivity index (χ3n) is 4.38. The normalized spacial score (nSPS) is 29.6. The zero-order valence-electron chi connectivity index (χ0n) is 14.5. The van der Waals surface area contributed by atoms with Crippen LogP contribution in [0.2, 0.25) is 18.1 Å². The summed E-state index contributed by atoms with van der Waals surface area (Å²) < 4.78 is 17.3. The Kier molecular flexibility index (Phi) is 6.03. The molecule has 0 N–H and O–H groups in total. The predicted octanol–water partition coefficient (Wildman–Crippen LogP) is 3.75. The lowest BCUT2D eigenvalue weighted by atomic mass is 10.0. The first-order chi connectivity index (χ1) is 9.98. The average molecular weight is 329 g/mol. The third-order valence-corrected chi connectivity index (χ3v) is 8.84. The van der Waals surface area contributed by atoms with E-state index >= 15 is 0 Å². The van der Waals surface area contributed by atoms with Crippen LogP contribution in [0, 0.1) is 0 Å². The first-order valence-corrected chi connectivity index (χ1v) is 10.4. The maximum absolute atomic E-state index is 11.2. The summed E-state index contributed by atoms with van der Waals surface area (Å²) in [6.45, 7) is 13.9. The van der Waals surface area contributed by atoms with Crippen molar-refractivity contribution in [2.24, 2.45) is 5.11 Å². The van der Waals surface area contributed by atoms with Crippen molar-refractivity contribution in [1.82, 2.24) is 0 Å². The van der Waals surface area contributed by atoms with Gasteiger partial charge in [-0.05, 0) is 30.6 Å². The van der Waals surface area contributed by atoms with Gasteiger partial charge in [-0.15, -0.1) is 0 Å². The smallest absolute Gasteiger partial charge is 0.303 e. The van der Waals surface area contributed by atoms with E-state index < -0.39 is 32.7 Å². The van der Waals surface area contributed by atoms with Crippen molar-refractivity contribution >= 4 is 14.3 Å². The van der Waals surface area contributed by atoms with Gasteiger partial charge in [-0.2, -0.15) is 0 Å². The number of rotatable bonds is 4. The summed E-state index contributed by atoms with van der Waals surface area (Å²) in [7, 11) is -2.00. The van der Waals surface area contributed by atoms with Crippen molar-refractivity contribution < 1.29 is 18.7 Å². The lowest BCUT2D eigenvalue weighted by Gasteiger charge is -2.44. The number of carbonyl (C=O) groups excluding carboxylic acids is 1. The van der Waals surface area contributed by atoms with E-state index in [0.717, 1.165) is 0 Å². The van der Waals surface area contributed by atoms with Gasteiger partial charge in [-0.3, -0.25) is 4.79 Å². The fourth-order valence-corrected chi connectivity index (χ4v) is 3.31. The number of nitrogens with zero attached hydrogens (tertiary/aromatic N) is 3. The van der Waals surface area contributed by atoms with Crippen molar-refractivity contribution in [3.05, 3.63) is 10.4 Å². The van der Waals surface area contributed by atoms with Gasteiger partial charge >= 0.3 is 5.97 Å². The third kappa shape index (κ3) is 4.71. The van der Waals surface area contributed by atoms with Crippen molar-refractivity contribution in [3.63, 3.8) is 0 Å². The van der Waals surface area contributed by atoms with E-state index in [1.807, 2.05) is 0 Å². The van der Waals surface area contributed by atoms with Crippen LogP contribution in [0.5, 0.6) is 0 Å². The molecule has 0 saturated carbocycles. The van der Waals surface area contributed by atoms with Gasteiger partial charge in [-0.25, -0.2) is 0 Å². The Bertz CT molecular complexity index is 457. The molecule has 22 heavy (non-hydrogen) atoms. The molecule has 8 heteroatoms. The standard InChI is InChI=1S/C14H27N3O4Si/c1-9-13(20-10(2)18)11(16-17-15)8-12(19-9)21-22(6,7)14(3,4)5/h9,11-13H,8H2,1-7H3/t9-,11+,12+,13-/m0/s1. The molecule has 4 atom stereocenters. The second-order valence-corrected chi connectivity index (χ2v) is 12.0. The first kappa shape index (κ1) is 19.0. The molecule has 1 aliphatic heterocycles. The van der Waals surface area contributed by atoms with Gasteiger partial charge in [-0.1, -0.05) is 25.9 Å². The molecule has 1 saturated heterocycles. The maximum Gasteiger partial charge on any atom is 0.303 e. The molecule has 1 heterocycles. The number of esters is 1. The minimum Gasteiger partial charge on any atom is -0.459 e. The molecule has 1 fully saturated rings. The van der Waals surface area contributed by atoms with E-state index in [2.05, 4.69) is 43.9 Å². The summed E-state index contributed by atoms with van der Waals surface area (Å²) in [5.74, 6) is -0.414. The molecule has 0 unspecified atom stereocenters. The molecule has 0 radical (unpaired) electrons. The summed E-state index contributed by atoms with van der Waals surface area (Å²) >= 11 is 0. The molecule has 0 amide bonds. The molecule has 0 bridgehead atoms. The summed E-state index contributed by atoms with van der Waals surface area (Å²) in [6, 6.07) is -0.479. The van der Waals surface area contributed by atoms with Crippen LogP contribution in [0.4, 0.5) is 0 Å². The Morgan fingerprint density at radius 3 is 2.45 bits per heavy atom. The second-order valence-electron chi connectivity index (χ2n) is 7.23.